The molecule has 1 rings (SSSR count). The molecule has 4 nitrogen and oxygen atoms in total. The van der Waals surface area contributed by atoms with Gasteiger partial charge in [-0.25, -0.2) is 5.90 Å². The number of piperidine rings is 1. The van der Waals surface area contributed by atoms with E-state index < -0.39 is 0 Å². The first kappa shape index (κ1) is 7.50. The van der Waals surface area contributed by atoms with Crippen LogP contribution in [-0.2, 0) is 9.63 Å². The summed E-state index contributed by atoms with van der Waals surface area (Å²) >= 11 is 0. The zero-order chi connectivity index (χ0) is 7.40. The Labute approximate surface area is 59.7 Å². The molecule has 1 unspecified atom stereocenters. The van der Waals surface area contributed by atoms with Crippen molar-refractivity contribution in [2.45, 2.75) is 12.8 Å². The predicted octanol–water partition coefficient (Wildman–Crippen LogP) is -0.597. The lowest BCUT2D eigenvalue weighted by molar-refractivity contribution is -0.123. The summed E-state index contributed by atoms with van der Waals surface area (Å²) in [5, 5.41) is 2.74. The summed E-state index contributed by atoms with van der Waals surface area (Å²) < 4.78 is 0. The minimum Gasteiger partial charge on any atom is -0.356 e. The average molecular weight is 144 g/mol. The largest absolute Gasteiger partial charge is 0.356 e. The molecular formula is C6H12N2O2. The average Bonchev–Trinajstić information content (AvgIpc) is 1.95. The number of nitrogens with two attached hydrogens (primary N) is 1. The number of hydrogen-bond acceptors (Lipinski definition) is 3. The molecule has 1 saturated heterocycles. The molecule has 58 valence electrons. The summed E-state index contributed by atoms with van der Waals surface area (Å²) in [5.41, 5.74) is 0. The third-order valence-electron chi connectivity index (χ3n) is 1.70. The van der Waals surface area contributed by atoms with Gasteiger partial charge in [-0.05, 0) is 6.42 Å². The second-order valence-corrected chi connectivity index (χ2v) is 2.54. The molecule has 0 radical (unpaired) electrons. The normalized spacial score (nSPS) is 26.1. The van der Waals surface area contributed by atoms with E-state index in [-0.39, 0.29) is 5.91 Å². The number of carbonyl (C=O) groups is 1. The van der Waals surface area contributed by atoms with Gasteiger partial charge in [-0.2, -0.15) is 0 Å². The highest BCUT2D eigenvalue weighted by atomic mass is 16.6. The van der Waals surface area contributed by atoms with Crippen LogP contribution in [0.1, 0.15) is 12.8 Å². The summed E-state index contributed by atoms with van der Waals surface area (Å²) in [6, 6.07) is 0. The van der Waals surface area contributed by atoms with Gasteiger partial charge in [0.15, 0.2) is 0 Å². The van der Waals surface area contributed by atoms with Gasteiger partial charge < -0.3 is 10.2 Å². The minimum absolute atomic E-state index is 0.133. The molecule has 0 aromatic heterocycles. The van der Waals surface area contributed by atoms with Crippen LogP contribution in [0, 0.1) is 5.92 Å². The van der Waals surface area contributed by atoms with Crippen LogP contribution in [-0.4, -0.2) is 19.1 Å². The topological polar surface area (TPSA) is 64.3 Å². The van der Waals surface area contributed by atoms with Crippen molar-refractivity contribution in [2.24, 2.45) is 11.8 Å². The highest BCUT2D eigenvalue weighted by molar-refractivity contribution is 5.76. The van der Waals surface area contributed by atoms with Crippen molar-refractivity contribution < 1.29 is 9.63 Å². The van der Waals surface area contributed by atoms with Gasteiger partial charge in [-0.15, -0.1) is 0 Å². The van der Waals surface area contributed by atoms with Crippen molar-refractivity contribution in [3.8, 4) is 0 Å². The second-order valence-electron chi connectivity index (χ2n) is 2.54. The fraction of sp³-hybridized carbons (Fsp3) is 0.833. The maximum Gasteiger partial charge on any atom is 0.220 e. The van der Waals surface area contributed by atoms with Gasteiger partial charge in [0.05, 0.1) is 6.61 Å². The molecule has 0 spiro atoms. The van der Waals surface area contributed by atoms with Crippen LogP contribution in [0.5, 0.6) is 0 Å². The summed E-state index contributed by atoms with van der Waals surface area (Å²) in [4.78, 5) is 15.1. The molecule has 10 heavy (non-hydrogen) atoms. The molecule has 0 bridgehead atoms. The predicted molar refractivity (Wildman–Crippen MR) is 35.9 cm³/mol. The molecule has 3 N–H and O–H groups in total. The van der Waals surface area contributed by atoms with Crippen LogP contribution in [0.3, 0.4) is 0 Å². The van der Waals surface area contributed by atoms with E-state index in [1.807, 2.05) is 0 Å². The number of carbonyl (C=O) groups excluding carboxylic acids is 1. The van der Waals surface area contributed by atoms with Crippen molar-refractivity contribution in [3.63, 3.8) is 0 Å². The first-order chi connectivity index (χ1) is 4.83. The molecule has 1 amide bonds. The zero-order valence-electron chi connectivity index (χ0n) is 5.80. The zero-order valence-corrected chi connectivity index (χ0v) is 5.80. The van der Waals surface area contributed by atoms with Crippen LogP contribution in [0.25, 0.3) is 0 Å². The Morgan fingerprint density at radius 2 is 2.60 bits per heavy atom. The number of hydrogen-bond donors (Lipinski definition) is 2. The van der Waals surface area contributed by atoms with Crippen LogP contribution >= 0.6 is 0 Å². The van der Waals surface area contributed by atoms with Gasteiger partial charge in [-0.1, -0.05) is 0 Å². The fourth-order valence-corrected chi connectivity index (χ4v) is 1.06. The van der Waals surface area contributed by atoms with Crippen molar-refractivity contribution >= 4 is 5.91 Å². The summed E-state index contributed by atoms with van der Waals surface area (Å²) in [6.07, 6.45) is 1.50. The Balaban J connectivity index is 2.19. The smallest absolute Gasteiger partial charge is 0.220 e. The SMILES string of the molecule is NOCC1CCC(=O)NC1. The molecule has 0 aliphatic carbocycles. The van der Waals surface area contributed by atoms with E-state index in [0.717, 1.165) is 6.42 Å². The van der Waals surface area contributed by atoms with Crippen LogP contribution in [0.4, 0.5) is 0 Å². The van der Waals surface area contributed by atoms with Crippen molar-refractivity contribution in [2.75, 3.05) is 13.2 Å². The Hall–Kier alpha value is -0.610. The summed E-state index contributed by atoms with van der Waals surface area (Å²) in [6.45, 7) is 1.25. The number of amides is 1. The Morgan fingerprint density at radius 3 is 3.10 bits per heavy atom. The van der Waals surface area contributed by atoms with Crippen molar-refractivity contribution in [3.05, 3.63) is 0 Å². The van der Waals surface area contributed by atoms with E-state index in [1.165, 1.54) is 0 Å². The summed E-state index contributed by atoms with van der Waals surface area (Å²) in [5.74, 6) is 5.42. The van der Waals surface area contributed by atoms with Crippen molar-refractivity contribution in [1.82, 2.24) is 5.32 Å². The molecule has 1 atom stereocenters. The van der Waals surface area contributed by atoms with Crippen molar-refractivity contribution in [1.29, 1.82) is 0 Å². The van der Waals surface area contributed by atoms with E-state index >= 15 is 0 Å². The standard InChI is InChI=1S/C6H12N2O2/c7-10-4-5-1-2-6(9)8-3-5/h5H,1-4,7H2,(H,8,9). The first-order valence-corrected chi connectivity index (χ1v) is 3.41. The maximum absolute atomic E-state index is 10.6. The van der Waals surface area contributed by atoms with E-state index in [1.54, 1.807) is 0 Å². The van der Waals surface area contributed by atoms with Gasteiger partial charge >= 0.3 is 0 Å². The molecule has 0 saturated carbocycles. The minimum atomic E-state index is 0.133. The molecule has 4 heteroatoms. The third-order valence-corrected chi connectivity index (χ3v) is 1.70. The number of nitrogens with one attached hydrogen (secondary N) is 1. The summed E-state index contributed by atoms with van der Waals surface area (Å²) in [7, 11) is 0. The quantitative estimate of drug-likeness (QED) is 0.509. The highest BCUT2D eigenvalue weighted by Crippen LogP contribution is 2.09. The van der Waals surface area contributed by atoms with E-state index in [2.05, 4.69) is 10.2 Å². The van der Waals surface area contributed by atoms with E-state index in [9.17, 15) is 4.79 Å². The Kier molecular flexibility index (Phi) is 2.65. The van der Waals surface area contributed by atoms with Gasteiger partial charge in [0.25, 0.3) is 0 Å². The van der Waals surface area contributed by atoms with Crippen LogP contribution in [0.2, 0.25) is 0 Å². The van der Waals surface area contributed by atoms with E-state index in [0.29, 0.717) is 25.5 Å². The highest BCUT2D eigenvalue weighted by Gasteiger charge is 2.17. The van der Waals surface area contributed by atoms with Gasteiger partial charge in [0, 0.05) is 18.9 Å². The third kappa shape index (κ3) is 1.97. The molecule has 1 aliphatic rings. The molecular weight excluding hydrogens is 132 g/mol. The molecule has 0 aromatic rings. The van der Waals surface area contributed by atoms with Gasteiger partial charge in [-0.3, -0.25) is 4.79 Å². The Bertz CT molecular complexity index is 117. The lowest BCUT2D eigenvalue weighted by atomic mass is 10.0. The lowest BCUT2D eigenvalue weighted by Gasteiger charge is -2.20. The first-order valence-electron chi connectivity index (χ1n) is 3.41. The van der Waals surface area contributed by atoms with E-state index in [4.69, 9.17) is 5.90 Å². The molecule has 1 heterocycles. The number of rotatable bonds is 2. The second kappa shape index (κ2) is 3.53. The molecule has 0 aromatic carbocycles. The maximum atomic E-state index is 10.6. The van der Waals surface area contributed by atoms with Gasteiger partial charge in [0.1, 0.15) is 0 Å². The molecule has 1 fully saturated rings. The van der Waals surface area contributed by atoms with Gasteiger partial charge in [0.2, 0.25) is 5.91 Å². The monoisotopic (exact) mass is 144 g/mol. The molecule has 1 aliphatic heterocycles. The fourth-order valence-electron chi connectivity index (χ4n) is 1.06. The Morgan fingerprint density at radius 1 is 1.80 bits per heavy atom. The van der Waals surface area contributed by atoms with Crippen LogP contribution in [0.15, 0.2) is 0 Å². The lowest BCUT2D eigenvalue weighted by Crippen LogP contribution is -2.37. The van der Waals surface area contributed by atoms with Crippen LogP contribution < -0.4 is 11.2 Å².